The van der Waals surface area contributed by atoms with E-state index in [0.29, 0.717) is 0 Å². The van der Waals surface area contributed by atoms with E-state index in [1.807, 2.05) is 0 Å². The lowest BCUT2D eigenvalue weighted by atomic mass is 10.4. The minimum Gasteiger partial charge on any atom is -0.437 e. The van der Waals surface area contributed by atoms with E-state index >= 15 is 0 Å². The summed E-state index contributed by atoms with van der Waals surface area (Å²) in [6, 6.07) is 1.17. The summed E-state index contributed by atoms with van der Waals surface area (Å²) in [7, 11) is -5.26. The number of rotatable bonds is 8. The van der Waals surface area contributed by atoms with Crippen LogP contribution in [0.1, 0.15) is 19.8 Å². The van der Waals surface area contributed by atoms with Crippen LogP contribution in [0.25, 0.3) is 0 Å². The predicted molar refractivity (Wildman–Crippen MR) is 84.5 cm³/mol. The van der Waals surface area contributed by atoms with Gasteiger partial charge in [-0.05, 0) is 45.3 Å². The van der Waals surface area contributed by atoms with E-state index < -0.39 is 25.2 Å². The molecule has 0 aliphatic carbocycles. The maximum absolute atomic E-state index is 6.42. The van der Waals surface area contributed by atoms with Gasteiger partial charge in [-0.25, -0.2) is 0 Å². The molecular formula is C12H30O2Si3. The molecule has 17 heavy (non-hydrogen) atoms. The molecule has 0 amide bonds. The number of hydrogen-bond donors (Lipinski definition) is 0. The van der Waals surface area contributed by atoms with Crippen LogP contribution >= 0.6 is 0 Å². The molecule has 1 unspecified atom stereocenters. The third-order valence-corrected chi connectivity index (χ3v) is 12.9. The van der Waals surface area contributed by atoms with E-state index in [1.165, 1.54) is 18.9 Å². The first-order valence-corrected chi connectivity index (χ1v) is 15.5. The highest BCUT2D eigenvalue weighted by molar-refractivity contribution is 6.89. The summed E-state index contributed by atoms with van der Waals surface area (Å²) in [5.74, 6) is 0. The molecule has 0 aliphatic rings. The van der Waals surface area contributed by atoms with Crippen LogP contribution in [0.15, 0.2) is 12.3 Å². The molecule has 0 saturated heterocycles. The average Bonchev–Trinajstić information content (AvgIpc) is 2.10. The molecule has 0 aromatic rings. The molecule has 0 N–H and O–H groups in total. The van der Waals surface area contributed by atoms with Crippen molar-refractivity contribution in [2.75, 3.05) is 0 Å². The largest absolute Gasteiger partial charge is 0.437 e. The molecule has 0 spiro atoms. The van der Waals surface area contributed by atoms with Gasteiger partial charge in [0.25, 0.3) is 0 Å². The number of unbranched alkanes of at least 4 members (excludes halogenated alkanes) is 1. The fraction of sp³-hybridized carbons (Fsp3) is 0.833. The Balaban J connectivity index is 4.58. The van der Waals surface area contributed by atoms with Gasteiger partial charge in [-0.3, -0.25) is 0 Å². The van der Waals surface area contributed by atoms with Crippen molar-refractivity contribution in [2.24, 2.45) is 0 Å². The van der Waals surface area contributed by atoms with E-state index in [0.717, 1.165) is 0 Å². The molecule has 0 aromatic heterocycles. The highest BCUT2D eigenvalue weighted by atomic mass is 28.5. The predicted octanol–water partition coefficient (Wildman–Crippen LogP) is 4.66. The Morgan fingerprint density at radius 3 is 1.88 bits per heavy atom. The molecule has 0 rings (SSSR count). The lowest BCUT2D eigenvalue weighted by molar-refractivity contribution is 0.393. The minimum absolute atomic E-state index is 1.17. The standard InChI is InChI=1S/C12H30O2Si3/c1-9-11-12-17(8,10-2)14-16(6,7)13-15(3,4)5/h10H,2,9,11-12H2,1,3-8H3. The Kier molecular flexibility index (Phi) is 6.59. The summed E-state index contributed by atoms with van der Waals surface area (Å²) < 4.78 is 12.7. The second kappa shape index (κ2) is 6.47. The molecule has 0 radical (unpaired) electrons. The molecule has 5 heteroatoms. The van der Waals surface area contributed by atoms with Gasteiger partial charge in [-0.2, -0.15) is 0 Å². The van der Waals surface area contributed by atoms with Gasteiger partial charge in [-0.15, -0.1) is 6.58 Å². The van der Waals surface area contributed by atoms with Crippen LogP contribution in [0.5, 0.6) is 0 Å². The zero-order valence-electron chi connectivity index (χ0n) is 12.7. The third-order valence-electron chi connectivity index (χ3n) is 2.49. The first kappa shape index (κ1) is 17.3. The molecule has 2 nitrogen and oxygen atoms in total. The van der Waals surface area contributed by atoms with Crippen LogP contribution in [0.4, 0.5) is 0 Å². The normalized spacial score (nSPS) is 16.6. The average molecular weight is 291 g/mol. The molecule has 0 heterocycles. The monoisotopic (exact) mass is 290 g/mol. The van der Waals surface area contributed by atoms with Crippen molar-refractivity contribution in [3.8, 4) is 0 Å². The van der Waals surface area contributed by atoms with Crippen LogP contribution in [-0.4, -0.2) is 25.2 Å². The minimum atomic E-state index is -1.99. The summed E-state index contributed by atoms with van der Waals surface area (Å²) >= 11 is 0. The molecule has 1 atom stereocenters. The summed E-state index contributed by atoms with van der Waals surface area (Å²) in [5.41, 5.74) is 2.07. The summed E-state index contributed by atoms with van der Waals surface area (Å²) in [6.45, 7) is 19.5. The van der Waals surface area contributed by atoms with Gasteiger partial charge >= 0.3 is 8.56 Å². The van der Waals surface area contributed by atoms with Gasteiger partial charge in [0.1, 0.15) is 0 Å². The maximum atomic E-state index is 6.42. The topological polar surface area (TPSA) is 18.5 Å². The molecule has 0 fully saturated rings. The molecule has 102 valence electrons. The molecule has 0 bridgehead atoms. The van der Waals surface area contributed by atoms with Crippen molar-refractivity contribution < 1.29 is 8.23 Å². The van der Waals surface area contributed by atoms with Gasteiger partial charge in [0.2, 0.25) is 8.32 Å². The summed E-state index contributed by atoms with van der Waals surface area (Å²) in [5, 5.41) is 0. The molecule has 0 aromatic carbocycles. The lowest BCUT2D eigenvalue weighted by Gasteiger charge is -2.37. The zero-order valence-corrected chi connectivity index (χ0v) is 15.7. The quantitative estimate of drug-likeness (QED) is 0.605. The van der Waals surface area contributed by atoms with Gasteiger partial charge in [0.15, 0.2) is 8.32 Å². The van der Waals surface area contributed by atoms with Crippen molar-refractivity contribution in [1.29, 1.82) is 0 Å². The highest BCUT2D eigenvalue weighted by Gasteiger charge is 2.38. The van der Waals surface area contributed by atoms with E-state index in [1.54, 1.807) is 0 Å². The second-order valence-electron chi connectivity index (χ2n) is 6.34. The van der Waals surface area contributed by atoms with Crippen LogP contribution in [0, 0.1) is 0 Å². The van der Waals surface area contributed by atoms with E-state index in [9.17, 15) is 0 Å². The first-order chi connectivity index (χ1) is 7.54. The van der Waals surface area contributed by atoms with Gasteiger partial charge in [0.05, 0.1) is 0 Å². The Labute approximate surface area is 111 Å². The van der Waals surface area contributed by atoms with Crippen molar-refractivity contribution in [3.63, 3.8) is 0 Å². The van der Waals surface area contributed by atoms with Crippen molar-refractivity contribution >= 4 is 25.2 Å². The van der Waals surface area contributed by atoms with Crippen molar-refractivity contribution in [2.45, 2.75) is 65.1 Å². The molecular weight excluding hydrogens is 260 g/mol. The van der Waals surface area contributed by atoms with E-state index in [4.69, 9.17) is 8.23 Å². The Bertz CT molecular complexity index is 249. The molecule has 0 aliphatic heterocycles. The Hall–Kier alpha value is 0.311. The first-order valence-electron chi connectivity index (χ1n) is 6.57. The molecule has 0 saturated carbocycles. The smallest absolute Gasteiger partial charge is 0.311 e. The van der Waals surface area contributed by atoms with Crippen LogP contribution in [0.2, 0.25) is 45.3 Å². The van der Waals surface area contributed by atoms with E-state index in [2.05, 4.69) is 58.5 Å². The zero-order chi connectivity index (χ0) is 13.7. The maximum Gasteiger partial charge on any atom is 0.311 e. The number of hydrogen-bond acceptors (Lipinski definition) is 2. The SMILES string of the molecule is C=C[Si](C)(CCCC)O[Si](C)(C)O[Si](C)(C)C. The fourth-order valence-corrected chi connectivity index (χ4v) is 15.0. The second-order valence-corrected chi connectivity index (χ2v) is 18.5. The lowest BCUT2D eigenvalue weighted by Crippen LogP contribution is -2.51. The summed E-state index contributed by atoms with van der Waals surface area (Å²) in [6.07, 6.45) is 2.45. The third kappa shape index (κ3) is 8.10. The highest BCUT2D eigenvalue weighted by Crippen LogP contribution is 2.24. The van der Waals surface area contributed by atoms with Crippen LogP contribution in [-0.2, 0) is 8.23 Å². The Morgan fingerprint density at radius 1 is 1.00 bits per heavy atom. The van der Waals surface area contributed by atoms with E-state index in [-0.39, 0.29) is 0 Å². The van der Waals surface area contributed by atoms with Gasteiger partial charge in [-0.1, -0.05) is 25.5 Å². The van der Waals surface area contributed by atoms with Crippen molar-refractivity contribution in [1.82, 2.24) is 0 Å². The van der Waals surface area contributed by atoms with Crippen molar-refractivity contribution in [3.05, 3.63) is 12.3 Å². The fourth-order valence-electron chi connectivity index (χ4n) is 2.04. The van der Waals surface area contributed by atoms with Gasteiger partial charge < -0.3 is 8.23 Å². The summed E-state index contributed by atoms with van der Waals surface area (Å²) in [4.78, 5) is 0. The van der Waals surface area contributed by atoms with Crippen LogP contribution in [0.3, 0.4) is 0 Å². The van der Waals surface area contributed by atoms with Crippen LogP contribution < -0.4 is 0 Å². The van der Waals surface area contributed by atoms with Gasteiger partial charge in [0, 0.05) is 0 Å². The Morgan fingerprint density at radius 2 is 1.53 bits per heavy atom.